The van der Waals surface area contributed by atoms with Gasteiger partial charge in [0.15, 0.2) is 0 Å². The molecule has 1 atom stereocenters. The molecule has 1 fully saturated rings. The summed E-state index contributed by atoms with van der Waals surface area (Å²) in [5, 5.41) is 2.88. The van der Waals surface area contributed by atoms with Gasteiger partial charge in [0.05, 0.1) is 19.3 Å². The van der Waals surface area contributed by atoms with Gasteiger partial charge < -0.3 is 10.1 Å². The zero-order valence-corrected chi connectivity index (χ0v) is 12.7. The summed E-state index contributed by atoms with van der Waals surface area (Å²) in [4.78, 5) is 14.2. The summed E-state index contributed by atoms with van der Waals surface area (Å²) in [6.45, 7) is 2.20. The van der Waals surface area contributed by atoms with E-state index < -0.39 is 0 Å². The van der Waals surface area contributed by atoms with E-state index in [9.17, 15) is 9.18 Å². The van der Waals surface area contributed by atoms with E-state index in [2.05, 4.69) is 10.2 Å². The Kier molecular flexibility index (Phi) is 5.00. The zero-order chi connectivity index (χ0) is 16.1. The smallest absolute Gasteiger partial charge is 0.238 e. The number of benzene rings is 2. The summed E-state index contributed by atoms with van der Waals surface area (Å²) in [7, 11) is 0. The lowest BCUT2D eigenvalue weighted by atomic mass is 10.1. The molecule has 23 heavy (non-hydrogen) atoms. The van der Waals surface area contributed by atoms with Gasteiger partial charge in [-0.1, -0.05) is 30.3 Å². The fraction of sp³-hybridized carbons (Fsp3) is 0.278. The first kappa shape index (κ1) is 15.6. The summed E-state index contributed by atoms with van der Waals surface area (Å²) in [5.74, 6) is -0.306. The van der Waals surface area contributed by atoms with Crippen LogP contribution in [0.4, 0.5) is 10.1 Å². The van der Waals surface area contributed by atoms with Crippen LogP contribution in [0.2, 0.25) is 0 Å². The van der Waals surface area contributed by atoms with Gasteiger partial charge in [-0.25, -0.2) is 4.39 Å². The zero-order valence-electron chi connectivity index (χ0n) is 12.7. The van der Waals surface area contributed by atoms with Crippen molar-refractivity contribution >= 4 is 11.6 Å². The van der Waals surface area contributed by atoms with Crippen molar-refractivity contribution in [1.29, 1.82) is 0 Å². The second kappa shape index (κ2) is 7.35. The minimum absolute atomic E-state index is 0.0454. The Labute approximate surface area is 134 Å². The average molecular weight is 314 g/mol. The number of carbonyl (C=O) groups is 1. The molecule has 120 valence electrons. The predicted molar refractivity (Wildman–Crippen MR) is 86.6 cm³/mol. The van der Waals surface area contributed by atoms with Crippen LogP contribution in [0.1, 0.15) is 11.7 Å². The molecule has 5 heteroatoms. The van der Waals surface area contributed by atoms with Gasteiger partial charge in [-0.15, -0.1) is 0 Å². The molecule has 4 nitrogen and oxygen atoms in total. The van der Waals surface area contributed by atoms with E-state index in [4.69, 9.17) is 4.74 Å². The number of nitrogens with one attached hydrogen (secondary N) is 1. The minimum atomic E-state index is -0.261. The van der Waals surface area contributed by atoms with Gasteiger partial charge in [-0.3, -0.25) is 9.69 Å². The summed E-state index contributed by atoms with van der Waals surface area (Å²) in [6, 6.07) is 15.7. The Morgan fingerprint density at radius 1 is 1.17 bits per heavy atom. The van der Waals surface area contributed by atoms with Crippen molar-refractivity contribution in [1.82, 2.24) is 4.90 Å². The number of morpholine rings is 1. The molecule has 0 aromatic heterocycles. The quantitative estimate of drug-likeness (QED) is 0.943. The van der Waals surface area contributed by atoms with Crippen LogP contribution in [-0.2, 0) is 9.53 Å². The molecular formula is C18H19FN2O2. The molecule has 3 rings (SSSR count). The van der Waals surface area contributed by atoms with Gasteiger partial charge in [0.2, 0.25) is 5.91 Å². The normalized spacial score (nSPS) is 18.6. The van der Waals surface area contributed by atoms with E-state index in [1.54, 1.807) is 12.1 Å². The van der Waals surface area contributed by atoms with E-state index >= 15 is 0 Å². The van der Waals surface area contributed by atoms with E-state index in [-0.39, 0.29) is 17.8 Å². The molecule has 1 aliphatic heterocycles. The molecule has 1 unspecified atom stereocenters. The van der Waals surface area contributed by atoms with Crippen molar-refractivity contribution in [3.63, 3.8) is 0 Å². The summed E-state index contributed by atoms with van der Waals surface area (Å²) in [6.07, 6.45) is -0.131. The highest BCUT2D eigenvalue weighted by Gasteiger charge is 2.23. The molecule has 1 heterocycles. The van der Waals surface area contributed by atoms with Gasteiger partial charge in [0.25, 0.3) is 0 Å². The number of ether oxygens (including phenoxy) is 1. The first-order valence-electron chi connectivity index (χ1n) is 7.65. The monoisotopic (exact) mass is 314 g/mol. The Morgan fingerprint density at radius 3 is 2.65 bits per heavy atom. The average Bonchev–Trinajstić information content (AvgIpc) is 2.56. The van der Waals surface area contributed by atoms with Crippen molar-refractivity contribution in [2.45, 2.75) is 6.10 Å². The molecule has 1 N–H and O–H groups in total. The number of anilines is 1. The number of halogens is 1. The third kappa shape index (κ3) is 4.37. The lowest BCUT2D eigenvalue weighted by molar-refractivity contribution is -0.119. The van der Waals surface area contributed by atoms with Gasteiger partial charge >= 0.3 is 0 Å². The summed E-state index contributed by atoms with van der Waals surface area (Å²) < 4.78 is 18.7. The number of amides is 1. The highest BCUT2D eigenvalue weighted by atomic mass is 19.1. The van der Waals surface area contributed by atoms with E-state index in [1.165, 1.54) is 12.1 Å². The van der Waals surface area contributed by atoms with Gasteiger partial charge in [-0.05, 0) is 29.8 Å². The topological polar surface area (TPSA) is 41.6 Å². The van der Waals surface area contributed by atoms with Gasteiger partial charge in [0.1, 0.15) is 5.82 Å². The Balaban J connectivity index is 1.56. The molecule has 1 aliphatic rings. The number of nitrogens with zero attached hydrogens (tertiary/aromatic N) is 1. The van der Waals surface area contributed by atoms with Crippen LogP contribution in [0.15, 0.2) is 54.6 Å². The molecule has 2 aromatic carbocycles. The van der Waals surface area contributed by atoms with Crippen LogP contribution in [-0.4, -0.2) is 37.0 Å². The van der Waals surface area contributed by atoms with Gasteiger partial charge in [0, 0.05) is 18.8 Å². The van der Waals surface area contributed by atoms with Crippen molar-refractivity contribution in [3.8, 4) is 0 Å². The van der Waals surface area contributed by atoms with Crippen LogP contribution >= 0.6 is 0 Å². The second-order valence-corrected chi connectivity index (χ2v) is 5.56. The standard InChI is InChI=1S/C18H19FN2O2/c19-15-8-6-14(7-9-15)17-12-21(10-11-23-17)13-18(22)20-16-4-2-1-3-5-16/h1-9,17H,10-13H2,(H,20,22). The summed E-state index contributed by atoms with van der Waals surface area (Å²) >= 11 is 0. The SMILES string of the molecule is O=C(CN1CCOC(c2ccc(F)cc2)C1)Nc1ccccc1. The molecule has 0 bridgehead atoms. The van der Waals surface area contributed by atoms with E-state index in [0.717, 1.165) is 11.3 Å². The highest BCUT2D eigenvalue weighted by Crippen LogP contribution is 2.22. The molecule has 0 saturated carbocycles. The number of hydrogen-bond acceptors (Lipinski definition) is 3. The Hall–Kier alpha value is -2.24. The van der Waals surface area contributed by atoms with Crippen LogP contribution in [0.3, 0.4) is 0 Å². The third-order valence-corrected chi connectivity index (χ3v) is 3.82. The maximum absolute atomic E-state index is 13.0. The van der Waals surface area contributed by atoms with Crippen LogP contribution in [0.25, 0.3) is 0 Å². The number of hydrogen-bond donors (Lipinski definition) is 1. The first-order chi connectivity index (χ1) is 11.2. The number of para-hydroxylation sites is 1. The van der Waals surface area contributed by atoms with Crippen LogP contribution in [0.5, 0.6) is 0 Å². The Morgan fingerprint density at radius 2 is 1.91 bits per heavy atom. The predicted octanol–water partition coefficient (Wildman–Crippen LogP) is 2.84. The maximum Gasteiger partial charge on any atom is 0.238 e. The molecule has 0 aliphatic carbocycles. The first-order valence-corrected chi connectivity index (χ1v) is 7.65. The molecule has 2 aromatic rings. The molecule has 1 saturated heterocycles. The van der Waals surface area contributed by atoms with Gasteiger partial charge in [-0.2, -0.15) is 0 Å². The molecular weight excluding hydrogens is 295 g/mol. The number of carbonyl (C=O) groups excluding carboxylic acids is 1. The summed E-state index contributed by atoms with van der Waals surface area (Å²) in [5.41, 5.74) is 1.72. The maximum atomic E-state index is 13.0. The fourth-order valence-corrected chi connectivity index (χ4v) is 2.65. The highest BCUT2D eigenvalue weighted by molar-refractivity contribution is 5.92. The fourth-order valence-electron chi connectivity index (χ4n) is 2.65. The lowest BCUT2D eigenvalue weighted by Crippen LogP contribution is -2.42. The van der Waals surface area contributed by atoms with Crippen LogP contribution in [0, 0.1) is 5.82 Å². The molecule has 1 amide bonds. The number of rotatable bonds is 4. The minimum Gasteiger partial charge on any atom is -0.371 e. The lowest BCUT2D eigenvalue weighted by Gasteiger charge is -2.32. The van der Waals surface area contributed by atoms with Crippen molar-refractivity contribution < 1.29 is 13.9 Å². The second-order valence-electron chi connectivity index (χ2n) is 5.56. The van der Waals surface area contributed by atoms with E-state index in [1.807, 2.05) is 30.3 Å². The molecule has 0 radical (unpaired) electrons. The van der Waals surface area contributed by atoms with Crippen molar-refractivity contribution in [2.75, 3.05) is 31.6 Å². The third-order valence-electron chi connectivity index (χ3n) is 3.82. The molecule has 0 spiro atoms. The van der Waals surface area contributed by atoms with Crippen LogP contribution < -0.4 is 5.32 Å². The largest absolute Gasteiger partial charge is 0.371 e. The van der Waals surface area contributed by atoms with Crippen molar-refractivity contribution in [2.24, 2.45) is 0 Å². The Bertz CT molecular complexity index is 646. The van der Waals surface area contributed by atoms with E-state index in [0.29, 0.717) is 26.2 Å². The van der Waals surface area contributed by atoms with Crippen molar-refractivity contribution in [3.05, 3.63) is 66.0 Å².